The van der Waals surface area contributed by atoms with Crippen LogP contribution in [0, 0.1) is 0 Å². The Kier molecular flexibility index (Phi) is 4.22. The summed E-state index contributed by atoms with van der Waals surface area (Å²) >= 11 is 0. The summed E-state index contributed by atoms with van der Waals surface area (Å²) in [7, 11) is 0. The molecule has 0 unspecified atom stereocenters. The maximum Gasteiger partial charge on any atom is 0.274 e. The van der Waals surface area contributed by atoms with Gasteiger partial charge in [0.2, 0.25) is 5.91 Å². The highest BCUT2D eigenvalue weighted by molar-refractivity contribution is 5.92. The Morgan fingerprint density at radius 3 is 2.09 bits per heavy atom. The van der Waals surface area contributed by atoms with Gasteiger partial charge in [0.1, 0.15) is 0 Å². The third-order valence-electron chi connectivity index (χ3n) is 4.31. The monoisotopic (exact) mass is 303 g/mol. The van der Waals surface area contributed by atoms with Gasteiger partial charge < -0.3 is 14.7 Å². The Morgan fingerprint density at radius 1 is 0.909 bits per heavy atom. The van der Waals surface area contributed by atoms with Gasteiger partial charge in [-0.2, -0.15) is 0 Å². The van der Waals surface area contributed by atoms with Crippen molar-refractivity contribution in [2.75, 3.05) is 44.2 Å². The molecule has 2 aliphatic rings. The van der Waals surface area contributed by atoms with E-state index >= 15 is 0 Å². The molecule has 0 radical (unpaired) electrons. The van der Waals surface area contributed by atoms with E-state index < -0.39 is 0 Å². The first-order chi connectivity index (χ1) is 10.6. The van der Waals surface area contributed by atoms with Gasteiger partial charge in [-0.15, -0.1) is 10.2 Å². The molecule has 0 bridgehead atoms. The lowest BCUT2D eigenvalue weighted by Gasteiger charge is -2.33. The molecule has 118 valence electrons. The summed E-state index contributed by atoms with van der Waals surface area (Å²) in [5.41, 5.74) is 0.374. The third kappa shape index (κ3) is 3.03. The van der Waals surface area contributed by atoms with Crippen LogP contribution in [0.5, 0.6) is 0 Å². The number of rotatable bonds is 2. The lowest BCUT2D eigenvalue weighted by Crippen LogP contribution is -2.50. The predicted molar refractivity (Wildman–Crippen MR) is 81.6 cm³/mol. The summed E-state index contributed by atoms with van der Waals surface area (Å²) in [5.74, 6) is 0.793. The van der Waals surface area contributed by atoms with Crippen molar-refractivity contribution in [2.45, 2.75) is 19.8 Å². The van der Waals surface area contributed by atoms with E-state index in [1.54, 1.807) is 22.8 Å². The van der Waals surface area contributed by atoms with Crippen LogP contribution in [0.2, 0.25) is 0 Å². The van der Waals surface area contributed by atoms with Gasteiger partial charge >= 0.3 is 0 Å². The van der Waals surface area contributed by atoms with Crippen LogP contribution < -0.4 is 4.90 Å². The minimum absolute atomic E-state index is 0.0573. The molecule has 2 amide bonds. The first kappa shape index (κ1) is 14.7. The Morgan fingerprint density at radius 2 is 1.55 bits per heavy atom. The topological polar surface area (TPSA) is 69.6 Å². The number of hydrogen-bond donors (Lipinski definition) is 0. The van der Waals surface area contributed by atoms with Crippen LogP contribution >= 0.6 is 0 Å². The second-order valence-electron chi connectivity index (χ2n) is 5.77. The molecular formula is C15H21N5O2. The van der Waals surface area contributed by atoms with Crippen LogP contribution in [0.3, 0.4) is 0 Å². The van der Waals surface area contributed by atoms with Crippen molar-refractivity contribution in [1.29, 1.82) is 0 Å². The fourth-order valence-electron chi connectivity index (χ4n) is 2.94. The van der Waals surface area contributed by atoms with E-state index in [1.165, 1.54) is 12.8 Å². The normalized spacial score (nSPS) is 18.7. The van der Waals surface area contributed by atoms with E-state index in [4.69, 9.17) is 0 Å². The zero-order chi connectivity index (χ0) is 15.5. The lowest BCUT2D eigenvalue weighted by molar-refractivity contribution is -0.130. The van der Waals surface area contributed by atoms with Gasteiger partial charge in [0, 0.05) is 46.2 Å². The molecule has 0 saturated carbocycles. The van der Waals surface area contributed by atoms with Crippen LogP contribution in [-0.2, 0) is 4.79 Å². The second kappa shape index (κ2) is 6.29. The van der Waals surface area contributed by atoms with Crippen molar-refractivity contribution >= 4 is 17.6 Å². The maximum atomic E-state index is 12.4. The molecular weight excluding hydrogens is 282 g/mol. The first-order valence-corrected chi connectivity index (χ1v) is 7.78. The molecule has 0 aliphatic carbocycles. The number of nitrogens with zero attached hydrogens (tertiary/aromatic N) is 5. The highest BCUT2D eigenvalue weighted by atomic mass is 16.2. The molecule has 7 heteroatoms. The van der Waals surface area contributed by atoms with E-state index in [0.29, 0.717) is 31.9 Å². The average Bonchev–Trinajstić information content (AvgIpc) is 3.09. The highest BCUT2D eigenvalue weighted by Gasteiger charge is 2.24. The van der Waals surface area contributed by atoms with Gasteiger partial charge in [0.05, 0.1) is 0 Å². The van der Waals surface area contributed by atoms with Crippen molar-refractivity contribution in [3.8, 4) is 0 Å². The summed E-state index contributed by atoms with van der Waals surface area (Å²) in [6.45, 7) is 5.84. The molecule has 0 aromatic carbocycles. The molecule has 1 aromatic rings. The van der Waals surface area contributed by atoms with Crippen LogP contribution in [0.25, 0.3) is 0 Å². The summed E-state index contributed by atoms with van der Waals surface area (Å²) < 4.78 is 0. The van der Waals surface area contributed by atoms with Crippen molar-refractivity contribution in [2.24, 2.45) is 0 Å². The largest absolute Gasteiger partial charge is 0.355 e. The Bertz CT molecular complexity index is 546. The van der Waals surface area contributed by atoms with Crippen molar-refractivity contribution in [1.82, 2.24) is 20.0 Å². The standard InChI is InChI=1S/C15H21N5O2/c1-12(21)18-8-10-20(11-9-18)15(22)13-4-5-14(17-16-13)19-6-2-3-7-19/h4-5H,2-3,6-11H2,1H3. The molecule has 0 spiro atoms. The lowest BCUT2D eigenvalue weighted by atomic mass is 10.2. The van der Waals surface area contributed by atoms with Gasteiger partial charge in [-0.05, 0) is 25.0 Å². The summed E-state index contributed by atoms with van der Waals surface area (Å²) in [6.07, 6.45) is 2.37. The van der Waals surface area contributed by atoms with E-state index in [-0.39, 0.29) is 11.8 Å². The molecule has 3 rings (SSSR count). The molecule has 3 heterocycles. The minimum Gasteiger partial charge on any atom is -0.355 e. The van der Waals surface area contributed by atoms with Crippen molar-refractivity contribution < 1.29 is 9.59 Å². The van der Waals surface area contributed by atoms with E-state index in [9.17, 15) is 9.59 Å². The molecule has 0 atom stereocenters. The fourth-order valence-corrected chi connectivity index (χ4v) is 2.94. The van der Waals surface area contributed by atoms with E-state index in [0.717, 1.165) is 18.9 Å². The van der Waals surface area contributed by atoms with E-state index in [2.05, 4.69) is 15.1 Å². The quantitative estimate of drug-likeness (QED) is 0.790. The molecule has 0 N–H and O–H groups in total. The average molecular weight is 303 g/mol. The number of piperazine rings is 1. The van der Waals surface area contributed by atoms with Gasteiger partial charge in [-0.25, -0.2) is 0 Å². The number of hydrogen-bond acceptors (Lipinski definition) is 5. The molecule has 1 aromatic heterocycles. The Hall–Kier alpha value is -2.18. The molecule has 2 aliphatic heterocycles. The van der Waals surface area contributed by atoms with Crippen molar-refractivity contribution in [3.05, 3.63) is 17.8 Å². The number of amides is 2. The van der Waals surface area contributed by atoms with Gasteiger partial charge in [0.15, 0.2) is 11.5 Å². The van der Waals surface area contributed by atoms with Crippen LogP contribution in [0.4, 0.5) is 5.82 Å². The molecule has 7 nitrogen and oxygen atoms in total. The van der Waals surface area contributed by atoms with Gasteiger partial charge in [-0.1, -0.05) is 0 Å². The smallest absolute Gasteiger partial charge is 0.274 e. The third-order valence-corrected chi connectivity index (χ3v) is 4.31. The van der Waals surface area contributed by atoms with Crippen LogP contribution in [-0.4, -0.2) is 71.1 Å². The van der Waals surface area contributed by atoms with E-state index in [1.807, 2.05) is 6.07 Å². The Balaban J connectivity index is 1.61. The number of carbonyl (C=O) groups excluding carboxylic acids is 2. The van der Waals surface area contributed by atoms with Gasteiger partial charge in [0.25, 0.3) is 5.91 Å². The zero-order valence-electron chi connectivity index (χ0n) is 12.9. The van der Waals surface area contributed by atoms with Crippen LogP contribution in [0.15, 0.2) is 12.1 Å². The van der Waals surface area contributed by atoms with Gasteiger partial charge in [-0.3, -0.25) is 9.59 Å². The number of carbonyl (C=O) groups is 2. The number of aromatic nitrogens is 2. The number of anilines is 1. The maximum absolute atomic E-state index is 12.4. The minimum atomic E-state index is -0.108. The molecule has 22 heavy (non-hydrogen) atoms. The molecule has 2 fully saturated rings. The SMILES string of the molecule is CC(=O)N1CCN(C(=O)c2ccc(N3CCCC3)nn2)CC1. The highest BCUT2D eigenvalue weighted by Crippen LogP contribution is 2.17. The summed E-state index contributed by atoms with van der Waals surface area (Å²) in [6, 6.07) is 3.62. The second-order valence-corrected chi connectivity index (χ2v) is 5.77. The summed E-state index contributed by atoms with van der Waals surface area (Å²) in [4.78, 5) is 29.4. The first-order valence-electron chi connectivity index (χ1n) is 7.78. The predicted octanol–water partition coefficient (Wildman–Crippen LogP) is 0.381. The zero-order valence-corrected chi connectivity index (χ0v) is 12.9. The van der Waals surface area contributed by atoms with Crippen molar-refractivity contribution in [3.63, 3.8) is 0 Å². The molecule has 2 saturated heterocycles. The fraction of sp³-hybridized carbons (Fsp3) is 0.600. The van der Waals surface area contributed by atoms with Crippen LogP contribution in [0.1, 0.15) is 30.3 Å². The Labute approximate surface area is 129 Å². The summed E-state index contributed by atoms with van der Waals surface area (Å²) in [5, 5.41) is 8.27.